The number of hydrogen-bond donors (Lipinski definition) is 2. The summed E-state index contributed by atoms with van der Waals surface area (Å²) in [6.45, 7) is 1.98. The summed E-state index contributed by atoms with van der Waals surface area (Å²) < 4.78 is 13.4. The standard InChI is InChI=1S/C11H13FN2/c12-9-3-1-2-8-6-11(14-10(8)9)4-5-13-7-11/h1-3,13-14H,4-7H2. The molecule has 2 N–H and O–H groups in total. The quantitative estimate of drug-likeness (QED) is 0.651. The van der Waals surface area contributed by atoms with E-state index in [1.807, 2.05) is 6.07 Å². The lowest BCUT2D eigenvalue weighted by Crippen LogP contribution is -2.38. The number of rotatable bonds is 0. The smallest absolute Gasteiger partial charge is 0.146 e. The van der Waals surface area contributed by atoms with E-state index in [2.05, 4.69) is 10.6 Å². The largest absolute Gasteiger partial charge is 0.375 e. The number of halogens is 1. The van der Waals surface area contributed by atoms with E-state index in [9.17, 15) is 4.39 Å². The molecule has 1 unspecified atom stereocenters. The van der Waals surface area contributed by atoms with E-state index in [-0.39, 0.29) is 11.4 Å². The SMILES string of the molecule is Fc1cccc2c1NC1(CCNC1)C2. The van der Waals surface area contributed by atoms with E-state index in [0.29, 0.717) is 0 Å². The van der Waals surface area contributed by atoms with Crippen molar-refractivity contribution in [3.63, 3.8) is 0 Å². The van der Waals surface area contributed by atoms with Crippen LogP contribution in [0.2, 0.25) is 0 Å². The Morgan fingerprint density at radius 3 is 3.00 bits per heavy atom. The monoisotopic (exact) mass is 192 g/mol. The summed E-state index contributed by atoms with van der Waals surface area (Å²) in [6.07, 6.45) is 2.04. The van der Waals surface area contributed by atoms with E-state index >= 15 is 0 Å². The summed E-state index contributed by atoms with van der Waals surface area (Å²) in [5.41, 5.74) is 1.93. The van der Waals surface area contributed by atoms with Gasteiger partial charge in [-0.25, -0.2) is 4.39 Å². The molecule has 2 heterocycles. The minimum absolute atomic E-state index is 0.0878. The van der Waals surface area contributed by atoms with Crippen LogP contribution in [0.5, 0.6) is 0 Å². The summed E-state index contributed by atoms with van der Waals surface area (Å²) in [6, 6.07) is 5.32. The molecule has 2 nitrogen and oxygen atoms in total. The van der Waals surface area contributed by atoms with Crippen molar-refractivity contribution >= 4 is 5.69 Å². The van der Waals surface area contributed by atoms with Gasteiger partial charge >= 0.3 is 0 Å². The molecule has 0 aliphatic carbocycles. The Labute approximate surface area is 82.5 Å². The van der Waals surface area contributed by atoms with Gasteiger partial charge in [-0.15, -0.1) is 0 Å². The molecule has 0 aromatic heterocycles. The van der Waals surface area contributed by atoms with Gasteiger partial charge in [0.1, 0.15) is 5.82 Å². The molecule has 2 aliphatic heterocycles. The summed E-state index contributed by atoms with van der Waals surface area (Å²) in [4.78, 5) is 0. The molecule has 3 rings (SSSR count). The summed E-state index contributed by atoms with van der Waals surface area (Å²) in [5, 5.41) is 6.66. The van der Waals surface area contributed by atoms with Gasteiger partial charge in [0.15, 0.2) is 0 Å². The molecule has 0 bridgehead atoms. The lowest BCUT2D eigenvalue weighted by Gasteiger charge is -2.22. The molecule has 0 radical (unpaired) electrons. The molecule has 0 saturated carbocycles. The van der Waals surface area contributed by atoms with Crippen molar-refractivity contribution in [1.29, 1.82) is 0 Å². The van der Waals surface area contributed by atoms with E-state index < -0.39 is 0 Å². The van der Waals surface area contributed by atoms with Gasteiger partial charge < -0.3 is 10.6 Å². The molecule has 74 valence electrons. The van der Waals surface area contributed by atoms with Crippen LogP contribution < -0.4 is 10.6 Å². The zero-order valence-electron chi connectivity index (χ0n) is 7.94. The minimum Gasteiger partial charge on any atom is -0.375 e. The van der Waals surface area contributed by atoms with E-state index in [1.165, 1.54) is 6.07 Å². The van der Waals surface area contributed by atoms with Crippen LogP contribution in [0.4, 0.5) is 10.1 Å². The second-order valence-corrected chi connectivity index (χ2v) is 4.28. The highest BCUT2D eigenvalue weighted by Crippen LogP contribution is 2.37. The third-order valence-electron chi connectivity index (χ3n) is 3.26. The number of nitrogens with one attached hydrogen (secondary N) is 2. The second-order valence-electron chi connectivity index (χ2n) is 4.28. The van der Waals surface area contributed by atoms with Gasteiger partial charge in [-0.3, -0.25) is 0 Å². The Morgan fingerprint density at radius 1 is 1.36 bits per heavy atom. The molecular weight excluding hydrogens is 179 g/mol. The molecule has 3 heteroatoms. The number of para-hydroxylation sites is 1. The third-order valence-corrected chi connectivity index (χ3v) is 3.26. The second kappa shape index (κ2) is 2.70. The Morgan fingerprint density at radius 2 is 2.29 bits per heavy atom. The first-order chi connectivity index (χ1) is 6.79. The highest BCUT2D eigenvalue weighted by Gasteiger charge is 2.40. The van der Waals surface area contributed by atoms with Gasteiger partial charge in [0.05, 0.1) is 11.2 Å². The number of fused-ring (bicyclic) bond motifs is 1. The van der Waals surface area contributed by atoms with Crippen LogP contribution in [-0.4, -0.2) is 18.6 Å². The predicted molar refractivity (Wildman–Crippen MR) is 53.9 cm³/mol. The topological polar surface area (TPSA) is 24.1 Å². The molecular formula is C11H13FN2. The van der Waals surface area contributed by atoms with Crippen molar-refractivity contribution < 1.29 is 4.39 Å². The lowest BCUT2D eigenvalue weighted by molar-refractivity contribution is 0.531. The Balaban J connectivity index is 2.00. The van der Waals surface area contributed by atoms with Crippen LogP contribution in [-0.2, 0) is 6.42 Å². The fraction of sp³-hybridized carbons (Fsp3) is 0.455. The minimum atomic E-state index is -0.119. The van der Waals surface area contributed by atoms with E-state index in [0.717, 1.165) is 37.2 Å². The van der Waals surface area contributed by atoms with Crippen molar-refractivity contribution in [1.82, 2.24) is 5.32 Å². The fourth-order valence-electron chi connectivity index (χ4n) is 2.53. The van der Waals surface area contributed by atoms with Gasteiger partial charge in [-0.1, -0.05) is 12.1 Å². The van der Waals surface area contributed by atoms with Gasteiger partial charge in [-0.05, 0) is 31.0 Å². The molecule has 1 fully saturated rings. The summed E-state index contributed by atoms with van der Waals surface area (Å²) >= 11 is 0. The zero-order chi connectivity index (χ0) is 9.60. The third kappa shape index (κ3) is 1.05. The molecule has 0 amide bonds. The van der Waals surface area contributed by atoms with Crippen molar-refractivity contribution in [2.24, 2.45) is 0 Å². The van der Waals surface area contributed by atoms with Crippen LogP contribution in [0.15, 0.2) is 18.2 Å². The first kappa shape index (κ1) is 8.24. The molecule has 1 atom stereocenters. The average molecular weight is 192 g/mol. The number of anilines is 1. The van der Waals surface area contributed by atoms with E-state index in [4.69, 9.17) is 0 Å². The average Bonchev–Trinajstić information content (AvgIpc) is 2.75. The summed E-state index contributed by atoms with van der Waals surface area (Å²) in [5.74, 6) is -0.119. The molecule has 2 aliphatic rings. The van der Waals surface area contributed by atoms with Gasteiger partial charge in [0.2, 0.25) is 0 Å². The highest BCUT2D eigenvalue weighted by molar-refractivity contribution is 5.60. The molecule has 1 aromatic carbocycles. The normalized spacial score (nSPS) is 29.2. The molecule has 1 spiro atoms. The van der Waals surface area contributed by atoms with Gasteiger partial charge in [0.25, 0.3) is 0 Å². The lowest BCUT2D eigenvalue weighted by atomic mass is 9.95. The van der Waals surface area contributed by atoms with E-state index in [1.54, 1.807) is 6.07 Å². The fourth-order valence-corrected chi connectivity index (χ4v) is 2.53. The van der Waals surface area contributed by atoms with Crippen molar-refractivity contribution in [2.75, 3.05) is 18.4 Å². The first-order valence-corrected chi connectivity index (χ1v) is 5.05. The Kier molecular flexibility index (Phi) is 1.59. The van der Waals surface area contributed by atoms with Crippen LogP contribution >= 0.6 is 0 Å². The maximum Gasteiger partial charge on any atom is 0.146 e. The number of hydrogen-bond acceptors (Lipinski definition) is 2. The van der Waals surface area contributed by atoms with Crippen molar-refractivity contribution in [3.05, 3.63) is 29.6 Å². The van der Waals surface area contributed by atoms with Crippen LogP contribution in [0.25, 0.3) is 0 Å². The summed E-state index contributed by atoms with van der Waals surface area (Å²) in [7, 11) is 0. The van der Waals surface area contributed by atoms with Gasteiger partial charge in [0, 0.05) is 6.54 Å². The van der Waals surface area contributed by atoms with Crippen LogP contribution in [0.3, 0.4) is 0 Å². The van der Waals surface area contributed by atoms with Crippen molar-refractivity contribution in [2.45, 2.75) is 18.4 Å². The Bertz CT molecular complexity index is 370. The molecule has 1 aromatic rings. The number of benzene rings is 1. The maximum atomic E-state index is 13.4. The van der Waals surface area contributed by atoms with Crippen LogP contribution in [0.1, 0.15) is 12.0 Å². The predicted octanol–water partition coefficient (Wildman–Crippen LogP) is 1.53. The highest BCUT2D eigenvalue weighted by atomic mass is 19.1. The first-order valence-electron chi connectivity index (χ1n) is 5.05. The van der Waals surface area contributed by atoms with Crippen molar-refractivity contribution in [3.8, 4) is 0 Å². The van der Waals surface area contributed by atoms with Crippen LogP contribution in [0, 0.1) is 5.82 Å². The zero-order valence-corrected chi connectivity index (χ0v) is 7.94. The molecule has 1 saturated heterocycles. The molecule has 14 heavy (non-hydrogen) atoms. The Hall–Kier alpha value is -1.09. The maximum absolute atomic E-state index is 13.4. The van der Waals surface area contributed by atoms with Gasteiger partial charge in [-0.2, -0.15) is 0 Å².